The second kappa shape index (κ2) is 6.08. The average molecular weight is 311 g/mol. The molecular weight excluding hydrogens is 293 g/mol. The predicted molar refractivity (Wildman–Crippen MR) is 85.6 cm³/mol. The smallest absolute Gasteiger partial charge is 0.162 e. The van der Waals surface area contributed by atoms with Crippen LogP contribution in [0, 0.1) is 5.82 Å². The summed E-state index contributed by atoms with van der Waals surface area (Å²) in [5.74, 6) is 0.597. The van der Waals surface area contributed by atoms with Gasteiger partial charge in [-0.25, -0.2) is 14.4 Å². The lowest BCUT2D eigenvalue weighted by Gasteiger charge is -2.25. The molecule has 1 unspecified atom stereocenters. The van der Waals surface area contributed by atoms with Crippen molar-refractivity contribution in [2.24, 2.45) is 0 Å². The van der Waals surface area contributed by atoms with Gasteiger partial charge in [0.2, 0.25) is 0 Å². The molecule has 0 radical (unpaired) electrons. The normalized spacial score (nSPS) is 18.4. The van der Waals surface area contributed by atoms with Crippen LogP contribution in [0.1, 0.15) is 36.9 Å². The van der Waals surface area contributed by atoms with Crippen molar-refractivity contribution in [2.45, 2.75) is 31.9 Å². The van der Waals surface area contributed by atoms with Crippen molar-refractivity contribution in [3.8, 4) is 0 Å². The molecule has 0 saturated carbocycles. The number of pyridine rings is 1. The second-order valence-corrected chi connectivity index (χ2v) is 5.83. The summed E-state index contributed by atoms with van der Waals surface area (Å²) < 4.78 is 22.0. The molecule has 1 atom stereocenters. The number of benzene rings is 1. The summed E-state index contributed by atoms with van der Waals surface area (Å²) in [6, 6.07) is 10.6. The van der Waals surface area contributed by atoms with Gasteiger partial charge in [0.15, 0.2) is 5.65 Å². The number of hydrogen-bond donors (Lipinski definition) is 0. The second-order valence-electron chi connectivity index (χ2n) is 5.83. The summed E-state index contributed by atoms with van der Waals surface area (Å²) in [6.07, 6.45) is 5.27. The molecule has 4 rings (SSSR count). The third-order valence-corrected chi connectivity index (χ3v) is 4.27. The van der Waals surface area contributed by atoms with Crippen LogP contribution in [0.5, 0.6) is 0 Å². The van der Waals surface area contributed by atoms with Crippen LogP contribution in [0.4, 0.5) is 4.39 Å². The van der Waals surface area contributed by atoms with E-state index in [0.717, 1.165) is 42.9 Å². The van der Waals surface area contributed by atoms with E-state index in [1.807, 2.05) is 22.8 Å². The molecule has 0 amide bonds. The van der Waals surface area contributed by atoms with E-state index in [0.29, 0.717) is 12.0 Å². The van der Waals surface area contributed by atoms with Crippen molar-refractivity contribution < 1.29 is 9.13 Å². The topological polar surface area (TPSA) is 39.9 Å². The van der Waals surface area contributed by atoms with E-state index in [9.17, 15) is 4.39 Å². The zero-order valence-electron chi connectivity index (χ0n) is 12.8. The first kappa shape index (κ1) is 14.3. The van der Waals surface area contributed by atoms with E-state index in [-0.39, 0.29) is 12.0 Å². The molecule has 0 aliphatic carbocycles. The lowest BCUT2D eigenvalue weighted by molar-refractivity contribution is -0.0311. The highest BCUT2D eigenvalue weighted by Gasteiger charge is 2.23. The number of rotatable bonds is 3. The molecule has 1 fully saturated rings. The van der Waals surface area contributed by atoms with Crippen LogP contribution in [0.15, 0.2) is 42.6 Å². The summed E-state index contributed by atoms with van der Waals surface area (Å²) in [7, 11) is 0. The van der Waals surface area contributed by atoms with Gasteiger partial charge in [0.05, 0.1) is 0 Å². The van der Waals surface area contributed by atoms with Crippen LogP contribution in [-0.2, 0) is 11.2 Å². The minimum atomic E-state index is -0.205. The maximum Gasteiger partial charge on any atom is 0.162 e. The van der Waals surface area contributed by atoms with Crippen LogP contribution < -0.4 is 0 Å². The average Bonchev–Trinajstić information content (AvgIpc) is 2.95. The van der Waals surface area contributed by atoms with E-state index >= 15 is 0 Å². The Labute approximate surface area is 133 Å². The van der Waals surface area contributed by atoms with Crippen molar-refractivity contribution >= 4 is 11.2 Å². The number of imidazole rings is 1. The standard InChI is InChI=1S/C18H18FN3O/c19-14-7-2-1-6-13(14)12-16-21-15-8-5-10-20-18(15)22(16)17-9-3-4-11-23-17/h1-2,5-8,10,17H,3-4,9,11-12H2. The summed E-state index contributed by atoms with van der Waals surface area (Å²) in [5.41, 5.74) is 2.28. The quantitative estimate of drug-likeness (QED) is 0.737. The van der Waals surface area contributed by atoms with E-state index < -0.39 is 0 Å². The number of aromatic nitrogens is 3. The highest BCUT2D eigenvalue weighted by Crippen LogP contribution is 2.29. The monoisotopic (exact) mass is 311 g/mol. The zero-order valence-corrected chi connectivity index (χ0v) is 12.8. The molecule has 0 spiro atoms. The highest BCUT2D eigenvalue weighted by atomic mass is 19.1. The first-order valence-electron chi connectivity index (χ1n) is 8.00. The van der Waals surface area contributed by atoms with E-state index in [1.54, 1.807) is 18.3 Å². The number of hydrogen-bond acceptors (Lipinski definition) is 3. The van der Waals surface area contributed by atoms with Gasteiger partial charge in [-0.2, -0.15) is 0 Å². The lowest BCUT2D eigenvalue weighted by Crippen LogP contribution is -2.20. The van der Waals surface area contributed by atoms with Gasteiger partial charge in [-0.1, -0.05) is 18.2 Å². The van der Waals surface area contributed by atoms with Gasteiger partial charge in [0.1, 0.15) is 23.4 Å². The molecule has 1 aliphatic rings. The summed E-state index contributed by atoms with van der Waals surface area (Å²) >= 11 is 0. The molecular formula is C18H18FN3O. The van der Waals surface area contributed by atoms with Gasteiger partial charge in [-0.3, -0.25) is 4.57 Å². The van der Waals surface area contributed by atoms with Crippen LogP contribution >= 0.6 is 0 Å². The zero-order chi connectivity index (χ0) is 15.6. The van der Waals surface area contributed by atoms with Crippen molar-refractivity contribution in [3.63, 3.8) is 0 Å². The molecule has 3 aromatic rings. The largest absolute Gasteiger partial charge is 0.358 e. The molecule has 1 saturated heterocycles. The van der Waals surface area contributed by atoms with Gasteiger partial charge < -0.3 is 4.74 Å². The molecule has 1 aromatic carbocycles. The van der Waals surface area contributed by atoms with E-state index in [1.165, 1.54) is 6.07 Å². The SMILES string of the molecule is Fc1ccccc1Cc1nc2cccnc2n1C1CCCCO1. The molecule has 5 heteroatoms. The van der Waals surface area contributed by atoms with Gasteiger partial charge in [-0.15, -0.1) is 0 Å². The van der Waals surface area contributed by atoms with Gasteiger partial charge in [-0.05, 0) is 43.0 Å². The number of fused-ring (bicyclic) bond motifs is 1. The number of halogens is 1. The Morgan fingerprint density at radius 2 is 2.09 bits per heavy atom. The third kappa shape index (κ3) is 2.72. The predicted octanol–water partition coefficient (Wildman–Crippen LogP) is 3.86. The van der Waals surface area contributed by atoms with Gasteiger partial charge in [0.25, 0.3) is 0 Å². The third-order valence-electron chi connectivity index (χ3n) is 4.27. The molecule has 23 heavy (non-hydrogen) atoms. The Bertz CT molecular complexity index is 824. The first-order chi connectivity index (χ1) is 11.3. The van der Waals surface area contributed by atoms with Crippen LogP contribution in [0.3, 0.4) is 0 Å². The van der Waals surface area contributed by atoms with Gasteiger partial charge in [0, 0.05) is 19.2 Å². The summed E-state index contributed by atoms with van der Waals surface area (Å²) in [5, 5.41) is 0. The number of ether oxygens (including phenoxy) is 1. The molecule has 0 bridgehead atoms. The van der Waals surface area contributed by atoms with Crippen LogP contribution in [0.25, 0.3) is 11.2 Å². The molecule has 2 aromatic heterocycles. The Kier molecular flexibility index (Phi) is 3.79. The Morgan fingerprint density at radius 1 is 1.17 bits per heavy atom. The van der Waals surface area contributed by atoms with Crippen molar-refractivity contribution in [1.29, 1.82) is 0 Å². The number of nitrogens with zero attached hydrogens (tertiary/aromatic N) is 3. The van der Waals surface area contributed by atoms with Crippen molar-refractivity contribution in [3.05, 3.63) is 59.8 Å². The highest BCUT2D eigenvalue weighted by molar-refractivity contribution is 5.71. The molecule has 118 valence electrons. The fourth-order valence-corrected chi connectivity index (χ4v) is 3.14. The van der Waals surface area contributed by atoms with Crippen LogP contribution in [0.2, 0.25) is 0 Å². The maximum absolute atomic E-state index is 14.0. The minimum absolute atomic E-state index is 0.0644. The lowest BCUT2D eigenvalue weighted by atomic mass is 10.1. The molecule has 3 heterocycles. The Morgan fingerprint density at radius 3 is 2.91 bits per heavy atom. The molecule has 0 N–H and O–H groups in total. The minimum Gasteiger partial charge on any atom is -0.358 e. The summed E-state index contributed by atoms with van der Waals surface area (Å²) in [6.45, 7) is 0.746. The van der Waals surface area contributed by atoms with Crippen molar-refractivity contribution in [1.82, 2.24) is 14.5 Å². The molecule has 1 aliphatic heterocycles. The van der Waals surface area contributed by atoms with Crippen molar-refractivity contribution in [2.75, 3.05) is 6.61 Å². The molecule has 4 nitrogen and oxygen atoms in total. The summed E-state index contributed by atoms with van der Waals surface area (Å²) in [4.78, 5) is 9.15. The van der Waals surface area contributed by atoms with Crippen LogP contribution in [-0.4, -0.2) is 21.1 Å². The Balaban J connectivity index is 1.80. The van der Waals surface area contributed by atoms with Gasteiger partial charge >= 0.3 is 0 Å². The maximum atomic E-state index is 14.0. The fraction of sp³-hybridized carbons (Fsp3) is 0.333. The fourth-order valence-electron chi connectivity index (χ4n) is 3.14. The van der Waals surface area contributed by atoms with E-state index in [2.05, 4.69) is 9.97 Å². The Hall–Kier alpha value is -2.27. The first-order valence-corrected chi connectivity index (χ1v) is 8.00. The van der Waals surface area contributed by atoms with E-state index in [4.69, 9.17) is 4.74 Å².